The van der Waals surface area contributed by atoms with E-state index in [9.17, 15) is 9.59 Å². The quantitative estimate of drug-likeness (QED) is 0.686. The summed E-state index contributed by atoms with van der Waals surface area (Å²) in [6.07, 6.45) is 0. The number of carbonyl (C=O) groups excluding carboxylic acids is 2. The van der Waals surface area contributed by atoms with Gasteiger partial charge >= 0.3 is 0 Å². The van der Waals surface area contributed by atoms with Crippen LogP contribution in [0.2, 0.25) is 0 Å². The lowest BCUT2D eigenvalue weighted by atomic mass is 10.1. The third kappa shape index (κ3) is 4.82. The second-order valence-corrected chi connectivity index (χ2v) is 8.18. The van der Waals surface area contributed by atoms with Crippen LogP contribution >= 0.6 is 11.3 Å². The summed E-state index contributed by atoms with van der Waals surface area (Å²) in [4.78, 5) is 27.6. The van der Waals surface area contributed by atoms with Gasteiger partial charge in [-0.2, -0.15) is 0 Å². The lowest BCUT2D eigenvalue weighted by molar-refractivity contribution is -0.117. The molecular weight excluding hydrogens is 360 g/mol. The molecule has 3 rings (SSSR count). The van der Waals surface area contributed by atoms with Crippen molar-refractivity contribution in [3.8, 4) is 0 Å². The molecule has 0 aliphatic heterocycles. The van der Waals surface area contributed by atoms with Gasteiger partial charge in [-0.1, -0.05) is 12.1 Å². The van der Waals surface area contributed by atoms with Gasteiger partial charge in [0.2, 0.25) is 11.8 Å². The van der Waals surface area contributed by atoms with Gasteiger partial charge in [-0.3, -0.25) is 9.59 Å². The molecule has 0 bridgehead atoms. The van der Waals surface area contributed by atoms with Crippen LogP contribution in [0.15, 0.2) is 36.4 Å². The molecule has 0 saturated carbocycles. The smallest absolute Gasteiger partial charge is 0.238 e. The molecule has 2 N–H and O–H groups in total. The van der Waals surface area contributed by atoms with Crippen molar-refractivity contribution in [1.29, 1.82) is 0 Å². The van der Waals surface area contributed by atoms with Gasteiger partial charge < -0.3 is 20.4 Å². The molecule has 2 amide bonds. The lowest BCUT2D eigenvalue weighted by Crippen LogP contribution is -2.27. The average molecular weight is 385 g/mol. The Balaban J connectivity index is 1.84. The zero-order chi connectivity index (χ0) is 19.6. The van der Waals surface area contributed by atoms with Crippen LogP contribution < -0.4 is 10.6 Å². The van der Waals surface area contributed by atoms with Crippen LogP contribution in [0.1, 0.15) is 0 Å². The number of nitrogens with zero attached hydrogens (tertiary/aromatic N) is 2. The predicted octanol–water partition coefficient (Wildman–Crippen LogP) is 3.05. The van der Waals surface area contributed by atoms with E-state index >= 15 is 0 Å². The van der Waals surface area contributed by atoms with E-state index in [4.69, 9.17) is 0 Å². The Morgan fingerprint density at radius 2 is 1.19 bits per heavy atom. The van der Waals surface area contributed by atoms with E-state index in [1.807, 2.05) is 74.4 Å². The van der Waals surface area contributed by atoms with Gasteiger partial charge in [0.05, 0.1) is 13.1 Å². The van der Waals surface area contributed by atoms with Crippen molar-refractivity contribution in [2.45, 2.75) is 0 Å². The predicted molar refractivity (Wildman–Crippen MR) is 114 cm³/mol. The third-order valence-corrected chi connectivity index (χ3v) is 5.08. The second kappa shape index (κ2) is 8.04. The van der Waals surface area contributed by atoms with E-state index in [1.54, 1.807) is 11.3 Å². The molecule has 1 aromatic heterocycles. The summed E-state index contributed by atoms with van der Waals surface area (Å²) in [7, 11) is 7.46. The number of amides is 2. The van der Waals surface area contributed by atoms with Crippen molar-refractivity contribution in [2.75, 3.05) is 51.9 Å². The molecule has 0 fully saturated rings. The Morgan fingerprint density at radius 1 is 0.778 bits per heavy atom. The van der Waals surface area contributed by atoms with E-state index in [0.29, 0.717) is 13.1 Å². The largest absolute Gasteiger partial charge is 0.325 e. The van der Waals surface area contributed by atoms with Gasteiger partial charge in [0.1, 0.15) is 0 Å². The number of anilines is 2. The summed E-state index contributed by atoms with van der Waals surface area (Å²) in [5.41, 5.74) is 1.58. The monoisotopic (exact) mass is 384 g/mol. The maximum absolute atomic E-state index is 12.0. The summed E-state index contributed by atoms with van der Waals surface area (Å²) in [6.45, 7) is 0.695. The highest BCUT2D eigenvalue weighted by atomic mass is 32.1. The number of rotatable bonds is 6. The number of carbonyl (C=O) groups is 2. The van der Waals surface area contributed by atoms with Gasteiger partial charge in [-0.15, -0.1) is 11.3 Å². The van der Waals surface area contributed by atoms with Gasteiger partial charge in [-0.05, 0) is 52.5 Å². The molecule has 0 unspecified atom stereocenters. The highest BCUT2D eigenvalue weighted by Gasteiger charge is 2.10. The maximum atomic E-state index is 12.0. The van der Waals surface area contributed by atoms with Gasteiger partial charge in [-0.25, -0.2) is 0 Å². The van der Waals surface area contributed by atoms with Crippen LogP contribution in [0.25, 0.3) is 20.2 Å². The van der Waals surface area contributed by atoms with E-state index in [2.05, 4.69) is 10.6 Å². The number of hydrogen-bond acceptors (Lipinski definition) is 5. The highest BCUT2D eigenvalue weighted by molar-refractivity contribution is 7.25. The maximum Gasteiger partial charge on any atom is 0.238 e. The zero-order valence-corrected chi connectivity index (χ0v) is 16.8. The Hall–Kier alpha value is -2.48. The van der Waals surface area contributed by atoms with E-state index < -0.39 is 0 Å². The molecule has 0 atom stereocenters. The molecule has 0 radical (unpaired) electrons. The number of likely N-dealkylation sites (N-methyl/N-ethyl adjacent to an activating group) is 2. The molecule has 0 aliphatic rings. The van der Waals surface area contributed by atoms with E-state index in [-0.39, 0.29) is 11.8 Å². The Bertz CT molecular complexity index is 916. The van der Waals surface area contributed by atoms with E-state index in [1.165, 1.54) is 0 Å². The standard InChI is InChI=1S/C20H24N4O2S/c1-23(2)11-19(25)21-13-5-7-15-16-8-6-14(22-20(26)12-24(3)4)10-18(16)27-17(15)9-13/h5-10H,11-12H2,1-4H3,(H,21,25)(H,22,26). The van der Waals surface area contributed by atoms with Gasteiger partial charge in [0.15, 0.2) is 0 Å². The summed E-state index contributed by atoms with van der Waals surface area (Å²) in [6, 6.07) is 11.9. The first-order valence-electron chi connectivity index (χ1n) is 8.67. The summed E-state index contributed by atoms with van der Waals surface area (Å²) in [5.74, 6) is -0.0716. The molecule has 3 aromatic rings. The normalized spacial score (nSPS) is 11.5. The minimum Gasteiger partial charge on any atom is -0.325 e. The Kier molecular flexibility index (Phi) is 5.74. The van der Waals surface area contributed by atoms with Gasteiger partial charge in [0, 0.05) is 31.5 Å². The Morgan fingerprint density at radius 3 is 1.56 bits per heavy atom. The molecular formula is C20H24N4O2S. The first kappa shape index (κ1) is 19.3. The summed E-state index contributed by atoms with van der Waals surface area (Å²) >= 11 is 1.65. The van der Waals surface area contributed by atoms with Crippen LogP contribution in [-0.2, 0) is 9.59 Å². The van der Waals surface area contributed by atoms with Crippen molar-refractivity contribution in [2.24, 2.45) is 0 Å². The third-order valence-electron chi connectivity index (χ3n) is 3.96. The number of nitrogens with one attached hydrogen (secondary N) is 2. The molecule has 1 heterocycles. The van der Waals surface area contributed by atoms with Crippen LogP contribution in [0.4, 0.5) is 11.4 Å². The molecule has 0 spiro atoms. The minimum atomic E-state index is -0.0358. The fourth-order valence-corrected chi connectivity index (χ4v) is 4.09. The molecule has 7 heteroatoms. The average Bonchev–Trinajstić information content (AvgIpc) is 2.89. The fraction of sp³-hybridized carbons (Fsp3) is 0.300. The first-order chi connectivity index (χ1) is 12.8. The zero-order valence-electron chi connectivity index (χ0n) is 16.0. The molecule has 142 valence electrons. The minimum absolute atomic E-state index is 0.0358. The summed E-state index contributed by atoms with van der Waals surface area (Å²) < 4.78 is 2.20. The lowest BCUT2D eigenvalue weighted by Gasteiger charge is -2.10. The van der Waals surface area contributed by atoms with Crippen LogP contribution in [0, 0.1) is 0 Å². The van der Waals surface area contributed by atoms with Crippen molar-refractivity contribution < 1.29 is 9.59 Å². The van der Waals surface area contributed by atoms with Crippen molar-refractivity contribution in [3.63, 3.8) is 0 Å². The van der Waals surface area contributed by atoms with Crippen molar-refractivity contribution in [3.05, 3.63) is 36.4 Å². The van der Waals surface area contributed by atoms with Gasteiger partial charge in [0.25, 0.3) is 0 Å². The highest BCUT2D eigenvalue weighted by Crippen LogP contribution is 2.36. The van der Waals surface area contributed by atoms with E-state index in [0.717, 1.165) is 31.5 Å². The molecule has 27 heavy (non-hydrogen) atoms. The fourth-order valence-electron chi connectivity index (χ4n) is 2.91. The number of hydrogen-bond donors (Lipinski definition) is 2. The van der Waals surface area contributed by atoms with Crippen LogP contribution in [0.5, 0.6) is 0 Å². The number of thiophene rings is 1. The molecule has 0 saturated heterocycles. The SMILES string of the molecule is CN(C)CC(=O)Nc1ccc2c(c1)sc1cc(NC(=O)CN(C)C)ccc12. The summed E-state index contributed by atoms with van der Waals surface area (Å²) in [5, 5.41) is 8.15. The van der Waals surface area contributed by atoms with Crippen molar-refractivity contribution >= 4 is 54.7 Å². The molecule has 2 aromatic carbocycles. The van der Waals surface area contributed by atoms with Crippen LogP contribution in [-0.4, -0.2) is 62.9 Å². The second-order valence-electron chi connectivity index (χ2n) is 7.10. The first-order valence-corrected chi connectivity index (χ1v) is 9.49. The Labute approximate surface area is 162 Å². The van der Waals surface area contributed by atoms with Crippen molar-refractivity contribution in [1.82, 2.24) is 9.80 Å². The molecule has 6 nitrogen and oxygen atoms in total. The molecule has 0 aliphatic carbocycles. The van der Waals surface area contributed by atoms with Crippen LogP contribution in [0.3, 0.4) is 0 Å². The number of fused-ring (bicyclic) bond motifs is 3. The topological polar surface area (TPSA) is 64.7 Å². The number of benzene rings is 2.